The lowest BCUT2D eigenvalue weighted by Gasteiger charge is -2.13. The maximum Gasteiger partial charge on any atom is 0.115 e. The van der Waals surface area contributed by atoms with Gasteiger partial charge in [0, 0.05) is 22.3 Å². The lowest BCUT2D eigenvalue weighted by Crippen LogP contribution is -1.92. The van der Waals surface area contributed by atoms with Crippen LogP contribution in [-0.2, 0) is 0 Å². The fourth-order valence-corrected chi connectivity index (χ4v) is 5.37. The molecular formula is C40H28N2O4. The van der Waals surface area contributed by atoms with Crippen molar-refractivity contribution < 1.29 is 20.4 Å². The Morgan fingerprint density at radius 1 is 0.239 bits per heavy atom. The van der Waals surface area contributed by atoms with Crippen molar-refractivity contribution in [2.45, 2.75) is 0 Å². The van der Waals surface area contributed by atoms with Crippen LogP contribution in [0.25, 0.3) is 67.3 Å². The summed E-state index contributed by atoms with van der Waals surface area (Å²) in [5.74, 6) is 0.750. The van der Waals surface area contributed by atoms with E-state index in [-0.39, 0.29) is 23.0 Å². The fourth-order valence-electron chi connectivity index (χ4n) is 5.37. The zero-order valence-electron chi connectivity index (χ0n) is 24.5. The zero-order chi connectivity index (χ0) is 31.6. The predicted octanol–water partition coefficient (Wildman–Crippen LogP) is 9.30. The van der Waals surface area contributed by atoms with Crippen LogP contribution >= 0.6 is 0 Å². The minimum Gasteiger partial charge on any atom is -0.508 e. The van der Waals surface area contributed by atoms with Gasteiger partial charge in [-0.05, 0) is 144 Å². The number of aromatic nitrogens is 2. The van der Waals surface area contributed by atoms with Gasteiger partial charge in [0.2, 0.25) is 0 Å². The largest absolute Gasteiger partial charge is 0.508 e. The highest BCUT2D eigenvalue weighted by Crippen LogP contribution is 2.35. The van der Waals surface area contributed by atoms with Gasteiger partial charge in [-0.1, -0.05) is 24.3 Å². The minimum atomic E-state index is 0.188. The molecule has 6 heteroatoms. The van der Waals surface area contributed by atoms with Crippen LogP contribution in [0.2, 0.25) is 0 Å². The van der Waals surface area contributed by atoms with Gasteiger partial charge >= 0.3 is 0 Å². The Balaban J connectivity index is 1.30. The molecule has 0 radical (unpaired) electrons. The Bertz CT molecular complexity index is 1860. The van der Waals surface area contributed by atoms with Gasteiger partial charge in [0.05, 0.1) is 22.8 Å². The molecule has 0 fully saturated rings. The summed E-state index contributed by atoms with van der Waals surface area (Å²) < 4.78 is 0. The highest BCUT2D eigenvalue weighted by molar-refractivity contribution is 5.81. The number of hydrogen-bond acceptors (Lipinski definition) is 6. The first-order chi connectivity index (χ1) is 22.4. The highest BCUT2D eigenvalue weighted by atomic mass is 16.3. The van der Waals surface area contributed by atoms with Crippen molar-refractivity contribution in [3.05, 3.63) is 146 Å². The van der Waals surface area contributed by atoms with E-state index < -0.39 is 0 Å². The summed E-state index contributed by atoms with van der Waals surface area (Å²) in [5, 5.41) is 39.3. The maximum absolute atomic E-state index is 9.83. The van der Waals surface area contributed by atoms with E-state index in [1.807, 2.05) is 72.8 Å². The SMILES string of the molecule is Oc1ccc(-c2cc(-c3ccc(-c4cc(-c5ccc(O)cc5)nc(-c5ccc(O)cc5)c4)cc3)cc(-c3ccc(O)cc3)n2)cc1. The molecule has 0 aliphatic carbocycles. The normalized spacial score (nSPS) is 11.0. The summed E-state index contributed by atoms with van der Waals surface area (Å²) in [6, 6.07) is 44.3. The molecule has 0 spiro atoms. The average Bonchev–Trinajstić information content (AvgIpc) is 3.09. The quantitative estimate of drug-likeness (QED) is 0.152. The summed E-state index contributed by atoms with van der Waals surface area (Å²) in [5.41, 5.74) is 10.5. The minimum absolute atomic E-state index is 0.188. The van der Waals surface area contributed by atoms with Crippen molar-refractivity contribution in [3.63, 3.8) is 0 Å². The van der Waals surface area contributed by atoms with Crippen LogP contribution in [0.4, 0.5) is 0 Å². The molecule has 4 N–H and O–H groups in total. The molecule has 0 bridgehead atoms. The van der Waals surface area contributed by atoms with Gasteiger partial charge in [-0.2, -0.15) is 0 Å². The van der Waals surface area contributed by atoms with E-state index in [1.54, 1.807) is 48.5 Å². The summed E-state index contributed by atoms with van der Waals surface area (Å²) in [4.78, 5) is 9.82. The Morgan fingerprint density at radius 2 is 0.435 bits per heavy atom. The molecule has 7 aromatic rings. The molecule has 5 aromatic carbocycles. The molecule has 0 atom stereocenters. The van der Waals surface area contributed by atoms with Gasteiger partial charge in [0.15, 0.2) is 0 Å². The first-order valence-corrected chi connectivity index (χ1v) is 14.7. The third-order valence-electron chi connectivity index (χ3n) is 7.85. The van der Waals surface area contributed by atoms with E-state index in [9.17, 15) is 20.4 Å². The first kappa shape index (κ1) is 28.4. The standard InChI is InChI=1S/C40H28N2O4/c43-33-13-5-27(6-14-33)37-21-31(22-38(41-37)28-7-15-34(44)16-8-28)25-1-2-26(4-3-25)32-23-39(29-9-17-35(45)18-10-29)42-40(24-32)30-11-19-36(46)20-12-30/h1-24,43-46H. The van der Waals surface area contributed by atoms with Crippen molar-refractivity contribution >= 4 is 0 Å². The van der Waals surface area contributed by atoms with Crippen molar-refractivity contribution in [2.75, 3.05) is 0 Å². The second kappa shape index (κ2) is 11.9. The van der Waals surface area contributed by atoms with Crippen molar-refractivity contribution in [2.24, 2.45) is 0 Å². The number of benzene rings is 5. The molecule has 222 valence electrons. The summed E-state index contributed by atoms with van der Waals surface area (Å²) in [6.07, 6.45) is 0. The average molecular weight is 601 g/mol. The molecule has 0 saturated carbocycles. The molecule has 0 amide bonds. The Labute approximate surface area is 265 Å². The van der Waals surface area contributed by atoms with Crippen molar-refractivity contribution in [1.29, 1.82) is 0 Å². The second-order valence-electron chi connectivity index (χ2n) is 11.0. The molecule has 2 heterocycles. The monoisotopic (exact) mass is 600 g/mol. The lowest BCUT2D eigenvalue weighted by molar-refractivity contribution is 0.475. The van der Waals surface area contributed by atoms with Crippen LogP contribution in [0.5, 0.6) is 23.0 Å². The van der Waals surface area contributed by atoms with Crippen molar-refractivity contribution in [1.82, 2.24) is 9.97 Å². The molecular weight excluding hydrogens is 572 g/mol. The topological polar surface area (TPSA) is 107 Å². The van der Waals surface area contributed by atoms with E-state index in [0.29, 0.717) is 0 Å². The molecule has 0 aliphatic rings. The number of hydrogen-bond donors (Lipinski definition) is 4. The Morgan fingerprint density at radius 3 is 0.652 bits per heavy atom. The van der Waals surface area contributed by atoms with Crippen molar-refractivity contribution in [3.8, 4) is 90.3 Å². The van der Waals surface area contributed by atoms with Gasteiger partial charge in [-0.15, -0.1) is 0 Å². The summed E-state index contributed by atoms with van der Waals surface area (Å²) in [7, 11) is 0. The van der Waals surface area contributed by atoms with E-state index >= 15 is 0 Å². The number of aromatic hydroxyl groups is 4. The number of phenols is 4. The van der Waals surface area contributed by atoms with Crippen LogP contribution in [0.15, 0.2) is 146 Å². The van der Waals surface area contributed by atoms with E-state index in [2.05, 4.69) is 24.3 Å². The van der Waals surface area contributed by atoms with E-state index in [0.717, 1.165) is 67.3 Å². The summed E-state index contributed by atoms with van der Waals surface area (Å²) in [6.45, 7) is 0. The Hall–Kier alpha value is -6.40. The molecule has 7 rings (SSSR count). The number of phenolic OH excluding ortho intramolecular Hbond substituents is 4. The van der Waals surface area contributed by atoms with Crippen LogP contribution in [0.1, 0.15) is 0 Å². The van der Waals surface area contributed by atoms with E-state index in [1.165, 1.54) is 0 Å². The zero-order valence-corrected chi connectivity index (χ0v) is 24.5. The van der Waals surface area contributed by atoms with E-state index in [4.69, 9.17) is 9.97 Å². The second-order valence-corrected chi connectivity index (χ2v) is 11.0. The van der Waals surface area contributed by atoms with Gasteiger partial charge < -0.3 is 20.4 Å². The van der Waals surface area contributed by atoms with Crippen LogP contribution in [0.3, 0.4) is 0 Å². The molecule has 0 aliphatic heterocycles. The molecule has 46 heavy (non-hydrogen) atoms. The van der Waals surface area contributed by atoms with Gasteiger partial charge in [0.1, 0.15) is 23.0 Å². The lowest BCUT2D eigenvalue weighted by atomic mass is 9.96. The summed E-state index contributed by atoms with van der Waals surface area (Å²) >= 11 is 0. The molecule has 6 nitrogen and oxygen atoms in total. The van der Waals surface area contributed by atoms with Gasteiger partial charge in [-0.3, -0.25) is 0 Å². The third-order valence-corrected chi connectivity index (χ3v) is 7.85. The number of rotatable bonds is 6. The molecule has 2 aromatic heterocycles. The number of nitrogens with zero attached hydrogens (tertiary/aromatic N) is 2. The predicted molar refractivity (Wildman–Crippen MR) is 181 cm³/mol. The van der Waals surface area contributed by atoms with Gasteiger partial charge in [-0.25, -0.2) is 9.97 Å². The highest BCUT2D eigenvalue weighted by Gasteiger charge is 2.12. The first-order valence-electron chi connectivity index (χ1n) is 14.7. The molecule has 0 saturated heterocycles. The fraction of sp³-hybridized carbons (Fsp3) is 0. The maximum atomic E-state index is 9.83. The van der Waals surface area contributed by atoms with Crippen LogP contribution < -0.4 is 0 Å². The van der Waals surface area contributed by atoms with Gasteiger partial charge in [0.25, 0.3) is 0 Å². The Kier molecular flexibility index (Phi) is 7.37. The van der Waals surface area contributed by atoms with Crippen LogP contribution in [0, 0.1) is 0 Å². The number of pyridine rings is 2. The molecule has 0 unspecified atom stereocenters. The third kappa shape index (κ3) is 6.00. The van der Waals surface area contributed by atoms with Crippen LogP contribution in [-0.4, -0.2) is 30.4 Å². The smallest absolute Gasteiger partial charge is 0.115 e.